The number of aliphatic hydroxyl groups is 1. The van der Waals surface area contributed by atoms with Crippen molar-refractivity contribution >= 4 is 11.8 Å². The van der Waals surface area contributed by atoms with Gasteiger partial charge in [0.15, 0.2) is 0 Å². The molecule has 0 aromatic heterocycles. The summed E-state index contributed by atoms with van der Waals surface area (Å²) in [4.78, 5) is 11.6. The number of aliphatic hydroxyl groups excluding tert-OH is 1. The smallest absolute Gasteiger partial charge is 0.412 e. The van der Waals surface area contributed by atoms with Crippen molar-refractivity contribution in [2.45, 2.75) is 38.9 Å². The molecule has 0 spiro atoms. The molecule has 112 valence electrons. The van der Waals surface area contributed by atoms with E-state index in [9.17, 15) is 14.3 Å². The number of nitrogens with one attached hydrogen (secondary N) is 1. The third-order valence-electron chi connectivity index (χ3n) is 2.44. The van der Waals surface area contributed by atoms with Gasteiger partial charge in [0.25, 0.3) is 0 Å². The van der Waals surface area contributed by atoms with Crippen LogP contribution in [0.15, 0.2) is 18.2 Å². The second-order valence-corrected chi connectivity index (χ2v) is 5.46. The number of anilines is 1. The molecule has 4 N–H and O–H groups in total. The molecular weight excluding hydrogens is 263 g/mol. The largest absolute Gasteiger partial charge is 0.444 e. The molecule has 0 fully saturated rings. The van der Waals surface area contributed by atoms with Gasteiger partial charge < -0.3 is 15.6 Å². The number of carbonyl (C=O) groups excluding carboxylic acids is 1. The molecule has 5 nitrogen and oxygen atoms in total. The molecule has 0 saturated heterocycles. The summed E-state index contributed by atoms with van der Waals surface area (Å²) in [5.41, 5.74) is 5.17. The van der Waals surface area contributed by atoms with Crippen LogP contribution in [0.3, 0.4) is 0 Å². The highest BCUT2D eigenvalue weighted by atomic mass is 19.1. The fourth-order valence-electron chi connectivity index (χ4n) is 1.61. The van der Waals surface area contributed by atoms with Crippen LogP contribution < -0.4 is 11.1 Å². The highest BCUT2D eigenvalue weighted by molar-refractivity contribution is 5.84. The minimum Gasteiger partial charge on any atom is -0.444 e. The highest BCUT2D eigenvalue weighted by Gasteiger charge is 2.18. The topological polar surface area (TPSA) is 84.6 Å². The summed E-state index contributed by atoms with van der Waals surface area (Å²) >= 11 is 0. The summed E-state index contributed by atoms with van der Waals surface area (Å²) in [6, 6.07) is 3.96. The zero-order chi connectivity index (χ0) is 15.3. The first-order chi connectivity index (χ1) is 9.23. The highest BCUT2D eigenvalue weighted by Crippen LogP contribution is 2.23. The summed E-state index contributed by atoms with van der Waals surface area (Å²) in [5.74, 6) is -0.541. The van der Waals surface area contributed by atoms with E-state index >= 15 is 0 Å². The number of hydrogen-bond acceptors (Lipinski definition) is 4. The van der Waals surface area contributed by atoms with Gasteiger partial charge in [-0.05, 0) is 51.9 Å². The lowest BCUT2D eigenvalue weighted by atomic mass is 10.1. The zero-order valence-corrected chi connectivity index (χ0v) is 11.9. The Morgan fingerprint density at radius 3 is 2.70 bits per heavy atom. The molecule has 0 bridgehead atoms. The first-order valence-corrected chi connectivity index (χ1v) is 6.40. The SMILES string of the molecule is CC(C)(C)OC(=O)Nc1ccc(F)c([C@@H](O)CCN)c1. The maximum absolute atomic E-state index is 13.6. The van der Waals surface area contributed by atoms with Crippen molar-refractivity contribution in [1.29, 1.82) is 0 Å². The molecule has 1 atom stereocenters. The van der Waals surface area contributed by atoms with Crippen LogP contribution in [0.25, 0.3) is 0 Å². The number of nitrogens with two attached hydrogens (primary N) is 1. The van der Waals surface area contributed by atoms with Crippen molar-refractivity contribution in [3.63, 3.8) is 0 Å². The third-order valence-corrected chi connectivity index (χ3v) is 2.44. The van der Waals surface area contributed by atoms with Crippen molar-refractivity contribution < 1.29 is 19.0 Å². The molecule has 0 aliphatic carbocycles. The number of ether oxygens (including phenoxy) is 1. The van der Waals surface area contributed by atoms with Crippen LogP contribution in [0.1, 0.15) is 38.9 Å². The Bertz CT molecular complexity index is 472. The van der Waals surface area contributed by atoms with E-state index in [0.29, 0.717) is 5.69 Å². The van der Waals surface area contributed by atoms with E-state index in [0.717, 1.165) is 0 Å². The number of hydrogen-bond donors (Lipinski definition) is 3. The van der Waals surface area contributed by atoms with Gasteiger partial charge in [-0.3, -0.25) is 5.32 Å². The van der Waals surface area contributed by atoms with Crippen LogP contribution in [-0.2, 0) is 4.74 Å². The van der Waals surface area contributed by atoms with Crippen molar-refractivity contribution in [3.8, 4) is 0 Å². The molecule has 0 aliphatic heterocycles. The van der Waals surface area contributed by atoms with Gasteiger partial charge in [-0.2, -0.15) is 0 Å². The van der Waals surface area contributed by atoms with E-state index < -0.39 is 23.6 Å². The molecule has 1 rings (SSSR count). The van der Waals surface area contributed by atoms with E-state index in [4.69, 9.17) is 10.5 Å². The molecule has 20 heavy (non-hydrogen) atoms. The number of benzene rings is 1. The van der Waals surface area contributed by atoms with Gasteiger partial charge in [-0.25, -0.2) is 9.18 Å². The van der Waals surface area contributed by atoms with Gasteiger partial charge in [0, 0.05) is 11.3 Å². The lowest BCUT2D eigenvalue weighted by molar-refractivity contribution is 0.0635. The monoisotopic (exact) mass is 284 g/mol. The fraction of sp³-hybridized carbons (Fsp3) is 0.500. The first-order valence-electron chi connectivity index (χ1n) is 6.40. The first kappa shape index (κ1) is 16.4. The average molecular weight is 284 g/mol. The summed E-state index contributed by atoms with van der Waals surface area (Å²) in [6.07, 6.45) is -1.39. The predicted octanol–water partition coefficient (Wildman–Crippen LogP) is 2.55. The second kappa shape index (κ2) is 6.67. The van der Waals surface area contributed by atoms with Crippen LogP contribution in [-0.4, -0.2) is 23.3 Å². The minimum atomic E-state index is -1.000. The lowest BCUT2D eigenvalue weighted by Crippen LogP contribution is -2.27. The van der Waals surface area contributed by atoms with Crippen molar-refractivity contribution in [2.75, 3.05) is 11.9 Å². The average Bonchev–Trinajstić information content (AvgIpc) is 2.29. The predicted molar refractivity (Wildman–Crippen MR) is 74.9 cm³/mol. The van der Waals surface area contributed by atoms with Gasteiger partial charge in [0.2, 0.25) is 0 Å². The molecule has 6 heteroatoms. The van der Waals surface area contributed by atoms with Crippen molar-refractivity contribution in [1.82, 2.24) is 0 Å². The Labute approximate surface area is 117 Å². The van der Waals surface area contributed by atoms with Crippen LogP contribution in [0.5, 0.6) is 0 Å². The molecule has 0 radical (unpaired) electrons. The second-order valence-electron chi connectivity index (χ2n) is 5.46. The Morgan fingerprint density at radius 2 is 2.15 bits per heavy atom. The Balaban J connectivity index is 2.82. The molecule has 1 aromatic rings. The quantitative estimate of drug-likeness (QED) is 0.793. The van der Waals surface area contributed by atoms with Crippen LogP contribution >= 0.6 is 0 Å². The molecule has 1 amide bonds. The van der Waals surface area contributed by atoms with E-state index in [1.807, 2.05) is 0 Å². The molecule has 1 aromatic carbocycles. The fourth-order valence-corrected chi connectivity index (χ4v) is 1.61. The summed E-state index contributed by atoms with van der Waals surface area (Å²) < 4.78 is 18.7. The maximum atomic E-state index is 13.6. The summed E-state index contributed by atoms with van der Waals surface area (Å²) in [7, 11) is 0. The van der Waals surface area contributed by atoms with Crippen LogP contribution in [0.4, 0.5) is 14.9 Å². The van der Waals surface area contributed by atoms with Gasteiger partial charge in [0.05, 0.1) is 6.10 Å². The van der Waals surface area contributed by atoms with Crippen LogP contribution in [0.2, 0.25) is 0 Å². The standard InChI is InChI=1S/C14H21FN2O3/c1-14(2,3)20-13(19)17-9-4-5-11(15)10(8-9)12(18)6-7-16/h4-5,8,12,18H,6-7,16H2,1-3H3,(H,17,19)/t12-/m0/s1. The third kappa shape index (κ3) is 5.14. The Morgan fingerprint density at radius 1 is 1.50 bits per heavy atom. The Hall–Kier alpha value is -1.66. The molecule has 0 aliphatic rings. The maximum Gasteiger partial charge on any atom is 0.412 e. The van der Waals surface area contributed by atoms with E-state index in [2.05, 4.69) is 5.32 Å². The summed E-state index contributed by atoms with van der Waals surface area (Å²) in [6.45, 7) is 5.47. The lowest BCUT2D eigenvalue weighted by Gasteiger charge is -2.20. The van der Waals surface area contributed by atoms with Crippen molar-refractivity contribution in [2.24, 2.45) is 5.73 Å². The Kier molecular flexibility index (Phi) is 5.47. The zero-order valence-electron chi connectivity index (χ0n) is 11.9. The van der Waals surface area contributed by atoms with Crippen molar-refractivity contribution in [3.05, 3.63) is 29.6 Å². The van der Waals surface area contributed by atoms with Gasteiger partial charge in [-0.1, -0.05) is 0 Å². The van der Waals surface area contributed by atoms with E-state index in [1.54, 1.807) is 20.8 Å². The molecular formula is C14H21FN2O3. The molecule has 0 unspecified atom stereocenters. The molecule has 0 saturated carbocycles. The summed E-state index contributed by atoms with van der Waals surface area (Å²) in [5, 5.41) is 12.3. The van der Waals surface area contributed by atoms with Crippen LogP contribution in [0, 0.1) is 5.82 Å². The normalized spacial score (nSPS) is 12.9. The van der Waals surface area contributed by atoms with E-state index in [-0.39, 0.29) is 18.5 Å². The van der Waals surface area contributed by atoms with Gasteiger partial charge >= 0.3 is 6.09 Å². The van der Waals surface area contributed by atoms with Gasteiger partial charge in [0.1, 0.15) is 11.4 Å². The minimum absolute atomic E-state index is 0.101. The number of halogens is 1. The number of amides is 1. The molecule has 0 heterocycles. The van der Waals surface area contributed by atoms with Gasteiger partial charge in [-0.15, -0.1) is 0 Å². The van der Waals surface area contributed by atoms with E-state index in [1.165, 1.54) is 18.2 Å². The number of rotatable bonds is 4. The number of carbonyl (C=O) groups is 1.